The number of nitrogens with one attached hydrogen (secondary N) is 1. The number of aromatic hydroxyl groups is 2. The molecule has 4 aliphatic rings. The molecule has 332 valence electrons. The number of hydrogen-bond donors (Lipinski definition) is 3. The Labute approximate surface area is 363 Å². The van der Waals surface area contributed by atoms with Crippen LogP contribution in [-0.2, 0) is 46.6 Å². The van der Waals surface area contributed by atoms with Gasteiger partial charge in [-0.2, -0.15) is 8.42 Å². The van der Waals surface area contributed by atoms with E-state index in [0.29, 0.717) is 70.4 Å². The summed E-state index contributed by atoms with van der Waals surface area (Å²) in [4.78, 5) is 65.7. The summed E-state index contributed by atoms with van der Waals surface area (Å²) in [5.41, 5.74) is 4.52. The molecule has 17 nitrogen and oxygen atoms in total. The molecule has 4 aliphatic heterocycles. The summed E-state index contributed by atoms with van der Waals surface area (Å²) in [5.74, 6) is 1.08. The average molecular weight is 873 g/mol. The van der Waals surface area contributed by atoms with Crippen molar-refractivity contribution in [1.82, 2.24) is 30.0 Å². The molecular formula is C44H56N8O9S. The maximum atomic E-state index is 12.9. The lowest BCUT2D eigenvalue weighted by molar-refractivity contribution is -0.134. The number of carbonyl (C=O) groups excluding carboxylic acids is 4. The van der Waals surface area contributed by atoms with Gasteiger partial charge in [-0.15, -0.1) is 0 Å². The predicted molar refractivity (Wildman–Crippen MR) is 234 cm³/mol. The summed E-state index contributed by atoms with van der Waals surface area (Å²) >= 11 is 0. The maximum absolute atomic E-state index is 12.9. The van der Waals surface area contributed by atoms with Gasteiger partial charge in [-0.25, -0.2) is 9.97 Å². The van der Waals surface area contributed by atoms with Crippen LogP contribution in [0.25, 0.3) is 0 Å². The summed E-state index contributed by atoms with van der Waals surface area (Å²) in [6, 6.07) is 22.2. The number of benzene rings is 2. The van der Waals surface area contributed by atoms with Crippen LogP contribution in [0.2, 0.25) is 0 Å². The average Bonchev–Trinajstić information content (AvgIpc) is 3.76. The molecule has 3 N–H and O–H groups in total. The number of hydrogen-bond acceptors (Lipinski definition) is 13. The highest BCUT2D eigenvalue weighted by molar-refractivity contribution is 7.86. The van der Waals surface area contributed by atoms with Gasteiger partial charge in [0, 0.05) is 58.8 Å². The minimum absolute atomic E-state index is 0. The Morgan fingerprint density at radius 2 is 1.19 bits per heavy atom. The zero-order valence-corrected chi connectivity index (χ0v) is 35.3. The summed E-state index contributed by atoms with van der Waals surface area (Å²) in [5, 5.41) is 21.4. The third-order valence-electron chi connectivity index (χ3n) is 10.6. The van der Waals surface area contributed by atoms with Gasteiger partial charge in [0.2, 0.25) is 17.7 Å². The molecule has 0 bridgehead atoms. The molecule has 8 rings (SSSR count). The van der Waals surface area contributed by atoms with Crippen molar-refractivity contribution in [3.8, 4) is 11.5 Å². The van der Waals surface area contributed by atoms with E-state index in [1.54, 1.807) is 26.8 Å². The third-order valence-corrected chi connectivity index (χ3v) is 11.2. The van der Waals surface area contributed by atoms with Crippen molar-refractivity contribution < 1.29 is 42.0 Å². The van der Waals surface area contributed by atoms with Gasteiger partial charge in [0.1, 0.15) is 23.1 Å². The molecule has 62 heavy (non-hydrogen) atoms. The fourth-order valence-corrected chi connectivity index (χ4v) is 7.94. The van der Waals surface area contributed by atoms with Crippen LogP contribution >= 0.6 is 0 Å². The Hall–Kier alpha value is -5.95. The Kier molecular flexibility index (Phi) is 16.1. The number of carbonyl (C=O) groups is 4. The topological polar surface area (TPSA) is 206 Å². The molecule has 4 amide bonds. The minimum Gasteiger partial charge on any atom is -0.506 e. The number of pyridine rings is 2. The number of aromatic nitrogens is 2. The smallest absolute Gasteiger partial charge is 0.265 e. The second-order valence-corrected chi connectivity index (χ2v) is 17.0. The van der Waals surface area contributed by atoms with Crippen LogP contribution in [-0.4, -0.2) is 138 Å². The number of nitrogens with zero attached hydrogens (tertiary/aromatic N) is 7. The monoisotopic (exact) mass is 872 g/mol. The van der Waals surface area contributed by atoms with Gasteiger partial charge >= 0.3 is 0 Å². The molecule has 2 aromatic carbocycles. The predicted octanol–water partition coefficient (Wildman–Crippen LogP) is 2.98. The number of amides is 4. The van der Waals surface area contributed by atoms with Crippen LogP contribution in [0.5, 0.6) is 11.5 Å². The quantitative estimate of drug-likeness (QED) is 0.207. The van der Waals surface area contributed by atoms with Crippen LogP contribution < -0.4 is 15.1 Å². The van der Waals surface area contributed by atoms with Crippen molar-refractivity contribution in [2.75, 3.05) is 68.4 Å². The summed E-state index contributed by atoms with van der Waals surface area (Å²) < 4.78 is 26.9. The van der Waals surface area contributed by atoms with E-state index in [-0.39, 0.29) is 55.1 Å². The van der Waals surface area contributed by atoms with Gasteiger partial charge in [-0.1, -0.05) is 67.1 Å². The maximum Gasteiger partial charge on any atom is 0.265 e. The fraction of sp³-hybridized carbons (Fsp3) is 0.409. The van der Waals surface area contributed by atoms with E-state index in [1.807, 2.05) is 47.9 Å². The van der Waals surface area contributed by atoms with E-state index in [4.69, 9.17) is 9.29 Å². The van der Waals surface area contributed by atoms with Crippen molar-refractivity contribution in [2.24, 2.45) is 0 Å². The lowest BCUT2D eigenvalue weighted by atomic mass is 10.1. The van der Waals surface area contributed by atoms with Gasteiger partial charge in [-0.05, 0) is 55.7 Å². The number of likely N-dealkylation sites (tertiary alicyclic amines) is 2. The summed E-state index contributed by atoms with van der Waals surface area (Å²) in [7, 11) is -3.59. The van der Waals surface area contributed by atoms with E-state index in [9.17, 15) is 32.7 Å². The second-order valence-electron chi connectivity index (χ2n) is 15.4. The van der Waals surface area contributed by atoms with E-state index in [2.05, 4.69) is 39.6 Å². The SMILES string of the molecule is C.Cc1ccc(CN2CC[C@@H](N3CCN(c4ccc(O)cn4)C(=O)C3)C2=O)cc1.Cc1ccc(CN2CC[C@H](OS(C)(=O)=O)C2=O)cc1.O=C1CNCCN1c1ccc(O)cn1. The van der Waals surface area contributed by atoms with Crippen LogP contribution in [0.3, 0.4) is 0 Å². The van der Waals surface area contributed by atoms with E-state index in [0.717, 1.165) is 35.9 Å². The van der Waals surface area contributed by atoms with E-state index < -0.39 is 16.2 Å². The third kappa shape index (κ3) is 12.8. The van der Waals surface area contributed by atoms with Crippen molar-refractivity contribution in [3.63, 3.8) is 0 Å². The van der Waals surface area contributed by atoms with Crippen LogP contribution in [0.4, 0.5) is 11.6 Å². The normalized spacial score (nSPS) is 19.4. The molecule has 4 saturated heterocycles. The number of rotatable bonds is 9. The second kappa shape index (κ2) is 21.2. The minimum atomic E-state index is -3.59. The molecule has 6 heterocycles. The first-order valence-electron chi connectivity index (χ1n) is 20.1. The van der Waals surface area contributed by atoms with E-state index in [1.165, 1.54) is 30.1 Å². The first kappa shape index (κ1) is 47.1. The molecule has 2 atom stereocenters. The van der Waals surface area contributed by atoms with Crippen molar-refractivity contribution in [2.45, 2.75) is 59.4 Å². The molecular weight excluding hydrogens is 817 g/mol. The van der Waals surface area contributed by atoms with Crippen LogP contribution in [0.15, 0.2) is 85.2 Å². The Morgan fingerprint density at radius 1 is 0.677 bits per heavy atom. The molecule has 0 spiro atoms. The molecule has 0 aliphatic carbocycles. The molecule has 0 saturated carbocycles. The lowest BCUT2D eigenvalue weighted by Crippen LogP contribution is -2.55. The summed E-state index contributed by atoms with van der Waals surface area (Å²) in [6.45, 7) is 9.44. The highest BCUT2D eigenvalue weighted by Gasteiger charge is 2.39. The zero-order valence-electron chi connectivity index (χ0n) is 34.5. The Balaban J connectivity index is 0.000000186. The molecule has 2 aromatic heterocycles. The zero-order chi connectivity index (χ0) is 43.7. The molecule has 0 radical (unpaired) electrons. The highest BCUT2D eigenvalue weighted by atomic mass is 32.2. The van der Waals surface area contributed by atoms with Gasteiger partial charge in [0.15, 0.2) is 6.10 Å². The number of anilines is 2. The van der Waals surface area contributed by atoms with Gasteiger partial charge in [0.05, 0.1) is 37.8 Å². The lowest BCUT2D eigenvalue weighted by Gasteiger charge is -2.36. The van der Waals surface area contributed by atoms with Crippen LogP contribution in [0, 0.1) is 13.8 Å². The van der Waals surface area contributed by atoms with Crippen molar-refractivity contribution >= 4 is 45.4 Å². The van der Waals surface area contributed by atoms with Gasteiger partial charge < -0.3 is 25.3 Å². The highest BCUT2D eigenvalue weighted by Crippen LogP contribution is 2.24. The Bertz CT molecular complexity index is 2260. The first-order chi connectivity index (χ1) is 29.1. The largest absolute Gasteiger partial charge is 0.506 e. The molecule has 4 fully saturated rings. The van der Waals surface area contributed by atoms with Gasteiger partial charge in [0.25, 0.3) is 16.0 Å². The molecule has 0 unspecified atom stereocenters. The Morgan fingerprint density at radius 3 is 1.68 bits per heavy atom. The van der Waals surface area contributed by atoms with Gasteiger partial charge in [-0.3, -0.25) is 38.1 Å². The van der Waals surface area contributed by atoms with Crippen molar-refractivity contribution in [1.29, 1.82) is 0 Å². The van der Waals surface area contributed by atoms with Crippen LogP contribution in [0.1, 0.15) is 42.5 Å². The van der Waals surface area contributed by atoms with Crippen molar-refractivity contribution in [3.05, 3.63) is 107 Å². The molecule has 4 aromatic rings. The van der Waals surface area contributed by atoms with E-state index >= 15 is 0 Å². The molecule has 18 heteroatoms. The number of aryl methyl sites for hydroxylation is 2. The standard InChI is InChI=1S/C21H24N4O3.C13H17NO4S.C9H11N3O2.CH4/c1-15-2-4-16(5-3-15)13-24-9-8-18(21(24)28)23-10-11-25(20(27)14-23)19-7-6-17(26)12-22-19;1-10-3-5-11(6-4-10)9-14-8-7-12(13(14)15)18-19(2,16)17;13-7-1-2-8(11-5-7)12-4-3-10-6-9(12)14;/h2-7,12,18,26H,8-11,13-14H2,1H3;3-6,12H,7-9H2,1-2H3;1-2,5,10,13H,3-4,6H2;1H4/t18-;12-;;/m10../s1. The fourth-order valence-electron chi connectivity index (χ4n) is 7.34. The number of piperazine rings is 2. The summed E-state index contributed by atoms with van der Waals surface area (Å²) in [6.07, 6.45) is 3.93. The first-order valence-corrected chi connectivity index (χ1v) is 21.9.